The van der Waals surface area contributed by atoms with Crippen molar-refractivity contribution >= 4 is 39.5 Å². The number of ether oxygens (including phenoxy) is 4. The second-order valence-electron chi connectivity index (χ2n) is 26.6. The Kier molecular flexibility index (Phi) is 75.0. The highest BCUT2D eigenvalue weighted by Crippen LogP contribution is 2.45. The van der Waals surface area contributed by atoms with Crippen LogP contribution in [-0.4, -0.2) is 96.7 Å². The molecule has 0 saturated carbocycles. The van der Waals surface area contributed by atoms with E-state index in [1.807, 2.05) is 18.2 Å². The Morgan fingerprint density at radius 3 is 0.833 bits per heavy atom. The van der Waals surface area contributed by atoms with Crippen LogP contribution in [0, 0.1) is 0 Å². The summed E-state index contributed by atoms with van der Waals surface area (Å²) in [7, 11) is -10.0. The lowest BCUT2D eigenvalue weighted by Gasteiger charge is -2.21. The van der Waals surface area contributed by atoms with Crippen LogP contribution in [-0.2, 0) is 65.4 Å². The number of carbonyl (C=O) groups excluding carboxylic acids is 4. The topological polar surface area (TPSA) is 237 Å². The van der Waals surface area contributed by atoms with Crippen molar-refractivity contribution in [2.45, 2.75) is 316 Å². The van der Waals surface area contributed by atoms with E-state index in [0.29, 0.717) is 25.7 Å². The van der Waals surface area contributed by atoms with Gasteiger partial charge in [0.25, 0.3) is 0 Å². The Labute approximate surface area is 654 Å². The molecule has 0 saturated heterocycles. The highest BCUT2D eigenvalue weighted by atomic mass is 31.2. The van der Waals surface area contributed by atoms with Gasteiger partial charge in [-0.2, -0.15) is 0 Å². The average Bonchev–Trinajstić information content (AvgIpc) is 0.896. The number of hydrogen-bond acceptors (Lipinski definition) is 15. The van der Waals surface area contributed by atoms with Crippen molar-refractivity contribution in [3.05, 3.63) is 182 Å². The van der Waals surface area contributed by atoms with Gasteiger partial charge < -0.3 is 33.8 Å². The number of rotatable bonds is 75. The lowest BCUT2D eigenvalue weighted by molar-refractivity contribution is -0.161. The summed E-state index contributed by atoms with van der Waals surface area (Å²) in [5.74, 6) is -2.40. The van der Waals surface area contributed by atoms with Crippen LogP contribution in [0.5, 0.6) is 0 Å². The summed E-state index contributed by atoms with van der Waals surface area (Å²) >= 11 is 0. The molecule has 17 nitrogen and oxygen atoms in total. The molecule has 0 amide bonds. The van der Waals surface area contributed by atoms with Crippen LogP contribution in [0.1, 0.15) is 297 Å². The molecule has 0 aromatic rings. The summed E-state index contributed by atoms with van der Waals surface area (Å²) < 4.78 is 68.5. The van der Waals surface area contributed by atoms with E-state index in [1.54, 1.807) is 6.08 Å². The first-order chi connectivity index (χ1) is 52.7. The van der Waals surface area contributed by atoms with Gasteiger partial charge in [-0.3, -0.25) is 37.3 Å². The van der Waals surface area contributed by atoms with Gasteiger partial charge in [0.1, 0.15) is 19.3 Å². The van der Waals surface area contributed by atoms with Crippen molar-refractivity contribution in [3.63, 3.8) is 0 Å². The van der Waals surface area contributed by atoms with E-state index in [-0.39, 0.29) is 25.7 Å². The quantitative estimate of drug-likeness (QED) is 0.0169. The highest BCUT2D eigenvalue weighted by Gasteiger charge is 2.30. The number of phosphoric acid groups is 2. The number of esters is 4. The van der Waals surface area contributed by atoms with Gasteiger partial charge in [0.2, 0.25) is 0 Å². The van der Waals surface area contributed by atoms with Gasteiger partial charge in [-0.05, 0) is 167 Å². The van der Waals surface area contributed by atoms with Crippen LogP contribution in [0.15, 0.2) is 182 Å². The zero-order chi connectivity index (χ0) is 78.9. The maximum atomic E-state index is 13.1. The zero-order valence-corrected chi connectivity index (χ0v) is 68.7. The van der Waals surface area contributed by atoms with E-state index in [1.165, 1.54) is 38.5 Å². The number of allylic oxidation sites excluding steroid dienone is 29. The molecular formula is C89H144O17P2. The fourth-order valence-electron chi connectivity index (χ4n) is 10.2. The fourth-order valence-corrected chi connectivity index (χ4v) is 11.8. The van der Waals surface area contributed by atoms with Crippen molar-refractivity contribution in [2.24, 2.45) is 0 Å². The molecule has 0 spiro atoms. The Morgan fingerprint density at radius 1 is 0.278 bits per heavy atom. The smallest absolute Gasteiger partial charge is 0.462 e. The first-order valence-corrected chi connectivity index (χ1v) is 44.0. The number of phosphoric ester groups is 2. The lowest BCUT2D eigenvalue weighted by Crippen LogP contribution is -2.30. The Morgan fingerprint density at radius 2 is 0.519 bits per heavy atom. The molecule has 0 bridgehead atoms. The van der Waals surface area contributed by atoms with Crippen molar-refractivity contribution in [3.8, 4) is 0 Å². The van der Waals surface area contributed by atoms with Gasteiger partial charge in [0.05, 0.1) is 32.8 Å². The summed E-state index contributed by atoms with van der Waals surface area (Å²) in [6.07, 6.45) is 96.0. The second-order valence-corrected chi connectivity index (χ2v) is 29.5. The molecule has 0 aromatic heterocycles. The molecule has 0 aliphatic carbocycles. The van der Waals surface area contributed by atoms with E-state index in [9.17, 15) is 43.2 Å². The summed E-state index contributed by atoms with van der Waals surface area (Å²) in [5.41, 5.74) is 0. The third kappa shape index (κ3) is 78.3. The minimum absolute atomic E-state index is 0.0524. The Hall–Kier alpha value is -5.84. The third-order valence-corrected chi connectivity index (χ3v) is 18.3. The monoisotopic (exact) mass is 1550 g/mol. The van der Waals surface area contributed by atoms with E-state index < -0.39 is 97.5 Å². The highest BCUT2D eigenvalue weighted by molar-refractivity contribution is 7.47. The second kappa shape index (κ2) is 79.3. The van der Waals surface area contributed by atoms with Gasteiger partial charge >= 0.3 is 39.5 Å². The minimum atomic E-state index is -5.01. The van der Waals surface area contributed by atoms with E-state index in [4.69, 9.17) is 37.0 Å². The SMILES string of the molecule is CC/C=C\C/C=C\C/C=C\C/C=C\C/C=C\CCCCCC(=O)OCC(COP(=O)(O)OCC(O)COP(=O)(O)OCC(COC(=O)C/C=C\C/C=C\C/C=C\C/C=C\C/C=C\CC)OC(=O)CCCCCCC/C=C\C/C=C\CCCCC)OC(=O)CCCCCCCC/C=C\C/C=C\C/C=C\CCCCC. The van der Waals surface area contributed by atoms with Crippen LogP contribution < -0.4 is 0 Å². The van der Waals surface area contributed by atoms with Gasteiger partial charge in [-0.1, -0.05) is 287 Å². The maximum Gasteiger partial charge on any atom is 0.472 e. The van der Waals surface area contributed by atoms with Crippen molar-refractivity contribution in [2.75, 3.05) is 39.6 Å². The maximum absolute atomic E-state index is 13.1. The Balaban J connectivity index is 5.51. The van der Waals surface area contributed by atoms with Gasteiger partial charge in [-0.25, -0.2) is 9.13 Å². The summed E-state index contributed by atoms with van der Waals surface area (Å²) in [5, 5.41) is 10.7. The number of hydrogen-bond donors (Lipinski definition) is 3. The fraction of sp³-hybridized carbons (Fsp3) is 0.618. The van der Waals surface area contributed by atoms with Crippen LogP contribution in [0.2, 0.25) is 0 Å². The molecule has 5 unspecified atom stereocenters. The molecule has 5 atom stereocenters. The van der Waals surface area contributed by atoms with Crippen molar-refractivity contribution in [1.29, 1.82) is 0 Å². The van der Waals surface area contributed by atoms with Crippen molar-refractivity contribution < 1.29 is 80.2 Å². The molecule has 0 radical (unpaired) electrons. The summed E-state index contributed by atoms with van der Waals surface area (Å²) in [4.78, 5) is 73.1. The average molecular weight is 1550 g/mol. The first-order valence-electron chi connectivity index (χ1n) is 41.0. The van der Waals surface area contributed by atoms with E-state index >= 15 is 0 Å². The zero-order valence-electron chi connectivity index (χ0n) is 66.9. The van der Waals surface area contributed by atoms with Crippen LogP contribution in [0.3, 0.4) is 0 Å². The number of carbonyl (C=O) groups is 4. The van der Waals surface area contributed by atoms with Crippen molar-refractivity contribution in [1.82, 2.24) is 0 Å². The molecule has 0 heterocycles. The van der Waals surface area contributed by atoms with Crippen LogP contribution in [0.25, 0.3) is 0 Å². The first kappa shape index (κ1) is 102. The predicted octanol–water partition coefficient (Wildman–Crippen LogP) is 24.3. The molecule has 0 rings (SSSR count). The minimum Gasteiger partial charge on any atom is -0.462 e. The number of aliphatic hydroxyl groups is 1. The van der Waals surface area contributed by atoms with Gasteiger partial charge in [0.15, 0.2) is 12.2 Å². The van der Waals surface area contributed by atoms with E-state index in [2.05, 4.69) is 186 Å². The van der Waals surface area contributed by atoms with Gasteiger partial charge in [-0.15, -0.1) is 0 Å². The largest absolute Gasteiger partial charge is 0.472 e. The molecule has 108 heavy (non-hydrogen) atoms. The molecule has 0 fully saturated rings. The summed E-state index contributed by atoms with van der Waals surface area (Å²) in [6, 6.07) is 0. The molecule has 0 aliphatic rings. The standard InChI is InChI=1S/C89H144O17P2/c1-5-9-13-17-21-25-29-33-37-39-41-43-47-50-54-58-62-66-70-74-87(92)100-80-85(106-89(94)76-72-68-64-60-56-52-48-44-42-40-38-34-30-26-22-18-14-10-6-2)82-104-108(97,98)102-78-83(90)77-101-107(95,96)103-81-84(105-88(93)75-71-67-63-59-55-51-46-36-32-28-24-20-16-12-8-4)79-99-86(91)73-69-65-61-57-53-49-45-35-31-27-23-19-15-11-7-3/h9,11,13,15,21-28,33-38,41-46,50,53-54,57,65,69,83-85,90H,5-8,10,12,14,16-20,29-32,39-40,47-49,51-52,55-56,58-64,66-68,70-82H2,1-4H3,(H,95,96)(H,97,98)/b13-9-,15-11-,25-21-,26-22-,27-23-,28-24-,37-33-,38-34-,43-41-,44-42-,45-35-,46-36-,54-50-,57-53-,69-65-. The molecule has 612 valence electrons. The number of aliphatic hydroxyl groups excluding tert-OH is 1. The molecule has 19 heteroatoms. The Bertz CT molecular complexity index is 2760. The number of unbranched alkanes of at least 4 members (excludes halogenated alkanes) is 20. The summed E-state index contributed by atoms with van der Waals surface area (Å²) in [6.45, 7) is 4.40. The molecular weight excluding hydrogens is 1400 g/mol. The predicted molar refractivity (Wildman–Crippen MR) is 445 cm³/mol. The molecule has 0 aliphatic heterocycles. The van der Waals surface area contributed by atoms with Crippen LogP contribution >= 0.6 is 15.6 Å². The normalized spacial score (nSPS) is 14.8. The molecule has 0 aromatic carbocycles. The van der Waals surface area contributed by atoms with E-state index in [0.717, 1.165) is 180 Å². The molecule has 3 N–H and O–H groups in total. The van der Waals surface area contributed by atoms with Gasteiger partial charge in [0, 0.05) is 19.3 Å². The third-order valence-electron chi connectivity index (χ3n) is 16.4. The lowest BCUT2D eigenvalue weighted by atomic mass is 10.1. The van der Waals surface area contributed by atoms with Crippen LogP contribution in [0.4, 0.5) is 0 Å².